The summed E-state index contributed by atoms with van der Waals surface area (Å²) >= 11 is 4.14. The van der Waals surface area contributed by atoms with Crippen molar-refractivity contribution < 1.29 is 14.7 Å². The predicted molar refractivity (Wildman–Crippen MR) is 123 cm³/mol. The summed E-state index contributed by atoms with van der Waals surface area (Å²) in [5.74, 6) is -1.82. The number of carboxylic acid groups (broad SMARTS) is 1. The highest BCUT2D eigenvalue weighted by Crippen LogP contribution is 2.43. The average Bonchev–Trinajstić information content (AvgIpc) is 3.18. The van der Waals surface area contributed by atoms with Crippen LogP contribution in [-0.4, -0.2) is 26.2 Å². The number of imidazole rings is 1. The number of carboxylic acids is 1. The van der Waals surface area contributed by atoms with Crippen LogP contribution in [-0.2, 0) is 22.4 Å². The number of aromatic amines is 1. The molecule has 4 rings (SSSR count). The Morgan fingerprint density at radius 3 is 1.87 bits per heavy atom. The number of benzene rings is 3. The number of fused-ring (bicyclic) bond motifs is 1. The highest BCUT2D eigenvalue weighted by atomic mass is 32.1. The minimum Gasteiger partial charge on any atom is -0.481 e. The predicted octanol–water partition coefficient (Wildman–Crippen LogP) is 4.66. The van der Waals surface area contributed by atoms with Crippen molar-refractivity contribution in [1.29, 1.82) is 0 Å². The van der Waals surface area contributed by atoms with Gasteiger partial charge in [-0.1, -0.05) is 72.8 Å². The fourth-order valence-electron chi connectivity index (χ4n) is 4.19. The number of hydrogen-bond donors (Lipinski definition) is 3. The van der Waals surface area contributed by atoms with Crippen LogP contribution in [0.4, 0.5) is 0 Å². The summed E-state index contributed by atoms with van der Waals surface area (Å²) in [7, 11) is 0. The van der Waals surface area contributed by atoms with Gasteiger partial charge in [-0.05, 0) is 36.1 Å². The lowest BCUT2D eigenvalue weighted by Gasteiger charge is -2.35. The zero-order valence-electron chi connectivity index (χ0n) is 16.7. The molecule has 0 spiro atoms. The molecule has 1 aromatic heterocycles. The molecule has 0 aliphatic heterocycles. The first-order valence-corrected chi connectivity index (χ1v) is 10.4. The van der Waals surface area contributed by atoms with E-state index in [9.17, 15) is 14.7 Å². The molecule has 3 aromatic carbocycles. The zero-order valence-corrected chi connectivity index (χ0v) is 17.6. The molecule has 0 saturated heterocycles. The molecular formula is C25H22N2O3S. The molecule has 0 radical (unpaired) electrons. The Bertz CT molecular complexity index is 1130. The van der Waals surface area contributed by atoms with E-state index >= 15 is 0 Å². The molecule has 0 fully saturated rings. The minimum atomic E-state index is -1.48. The van der Waals surface area contributed by atoms with Crippen molar-refractivity contribution in [3.63, 3.8) is 0 Å². The Balaban J connectivity index is 1.90. The van der Waals surface area contributed by atoms with E-state index in [1.165, 1.54) is 0 Å². The Kier molecular flexibility index (Phi) is 5.91. The molecule has 1 atom stereocenters. The van der Waals surface area contributed by atoms with E-state index in [0.29, 0.717) is 11.3 Å². The first kappa shape index (κ1) is 20.9. The molecule has 6 heteroatoms. The fourth-order valence-corrected chi connectivity index (χ4v) is 4.56. The third-order valence-electron chi connectivity index (χ3n) is 5.63. The standard InChI is InChI=1S/C25H22N2O3S/c28-23(31)21(22-26-19-13-7-8-14-20(19)27-22)25(24(29)30,15-17-9-3-1-4-10-17)16-18-11-5-2-6-12-18/h1-14,21H,15-16H2,(H,26,27)(H,28,31)(H,29,30). The molecule has 5 nitrogen and oxygen atoms in total. The molecule has 31 heavy (non-hydrogen) atoms. The molecule has 0 aliphatic rings. The minimum absolute atomic E-state index is 0.159. The van der Waals surface area contributed by atoms with E-state index in [1.807, 2.05) is 84.9 Å². The molecule has 0 aliphatic carbocycles. The van der Waals surface area contributed by atoms with Crippen LogP contribution in [0.5, 0.6) is 0 Å². The number of aliphatic carboxylic acids is 1. The average molecular weight is 431 g/mol. The van der Waals surface area contributed by atoms with Gasteiger partial charge in [-0.2, -0.15) is 0 Å². The number of aromatic nitrogens is 2. The van der Waals surface area contributed by atoms with Crippen LogP contribution >= 0.6 is 12.6 Å². The first-order valence-electron chi connectivity index (χ1n) is 9.98. The van der Waals surface area contributed by atoms with Gasteiger partial charge in [0, 0.05) is 0 Å². The van der Waals surface area contributed by atoms with E-state index in [2.05, 4.69) is 22.6 Å². The zero-order chi connectivity index (χ0) is 21.8. The number of thiol groups is 1. The lowest BCUT2D eigenvalue weighted by atomic mass is 9.67. The maximum absolute atomic E-state index is 12.9. The van der Waals surface area contributed by atoms with Gasteiger partial charge in [0.15, 0.2) is 5.12 Å². The maximum Gasteiger partial charge on any atom is 0.311 e. The second-order valence-corrected chi connectivity index (χ2v) is 8.14. The largest absolute Gasteiger partial charge is 0.481 e. The van der Waals surface area contributed by atoms with Crippen molar-refractivity contribution in [2.45, 2.75) is 18.8 Å². The smallest absolute Gasteiger partial charge is 0.311 e. The molecular weight excluding hydrogens is 408 g/mol. The molecule has 0 bridgehead atoms. The maximum atomic E-state index is 12.9. The van der Waals surface area contributed by atoms with Crippen LogP contribution < -0.4 is 0 Å². The summed E-state index contributed by atoms with van der Waals surface area (Å²) in [4.78, 5) is 33.6. The van der Waals surface area contributed by atoms with Crippen LogP contribution in [0.1, 0.15) is 22.9 Å². The molecule has 0 saturated carbocycles. The third kappa shape index (κ3) is 4.25. The Hall–Kier alpha value is -3.38. The Morgan fingerprint density at radius 2 is 1.39 bits per heavy atom. The monoisotopic (exact) mass is 430 g/mol. The summed E-state index contributed by atoms with van der Waals surface area (Å²) in [6, 6.07) is 26.1. The van der Waals surface area contributed by atoms with Crippen molar-refractivity contribution >= 4 is 34.7 Å². The van der Waals surface area contributed by atoms with Crippen LogP contribution in [0.3, 0.4) is 0 Å². The van der Waals surface area contributed by atoms with Gasteiger partial charge in [0.1, 0.15) is 11.7 Å². The molecule has 4 aromatic rings. The third-order valence-corrected chi connectivity index (χ3v) is 5.89. The lowest BCUT2D eigenvalue weighted by molar-refractivity contribution is -0.152. The number of nitrogens with zero attached hydrogens (tertiary/aromatic N) is 1. The van der Waals surface area contributed by atoms with E-state index in [4.69, 9.17) is 0 Å². The number of carbonyl (C=O) groups is 2. The number of carbonyl (C=O) groups excluding carboxylic acids is 1. The van der Waals surface area contributed by atoms with Crippen LogP contribution in [0, 0.1) is 5.41 Å². The topological polar surface area (TPSA) is 83.0 Å². The summed E-state index contributed by atoms with van der Waals surface area (Å²) in [5.41, 5.74) is 1.61. The van der Waals surface area contributed by atoms with Crippen LogP contribution in [0.2, 0.25) is 0 Å². The highest BCUT2D eigenvalue weighted by molar-refractivity contribution is 7.96. The number of para-hydroxylation sites is 2. The Labute approximate surface area is 185 Å². The van der Waals surface area contributed by atoms with Crippen LogP contribution in [0.15, 0.2) is 84.9 Å². The van der Waals surface area contributed by atoms with Crippen molar-refractivity contribution in [2.24, 2.45) is 5.41 Å². The first-order chi connectivity index (χ1) is 15.0. The van der Waals surface area contributed by atoms with Crippen molar-refractivity contribution in [3.05, 3.63) is 102 Å². The highest BCUT2D eigenvalue weighted by Gasteiger charge is 2.51. The van der Waals surface area contributed by atoms with E-state index in [1.54, 1.807) is 0 Å². The van der Waals surface area contributed by atoms with E-state index in [-0.39, 0.29) is 12.8 Å². The van der Waals surface area contributed by atoms with Gasteiger partial charge in [0.05, 0.1) is 16.4 Å². The van der Waals surface area contributed by atoms with Crippen LogP contribution in [0.25, 0.3) is 11.0 Å². The van der Waals surface area contributed by atoms with Crippen molar-refractivity contribution in [2.75, 3.05) is 0 Å². The molecule has 0 amide bonds. The fraction of sp³-hybridized carbons (Fsp3) is 0.160. The molecule has 2 N–H and O–H groups in total. The lowest BCUT2D eigenvalue weighted by Crippen LogP contribution is -2.44. The van der Waals surface area contributed by atoms with Gasteiger partial charge in [-0.3, -0.25) is 9.59 Å². The molecule has 1 heterocycles. The van der Waals surface area contributed by atoms with Gasteiger partial charge in [0.2, 0.25) is 0 Å². The van der Waals surface area contributed by atoms with Gasteiger partial charge in [0.25, 0.3) is 0 Å². The van der Waals surface area contributed by atoms with E-state index < -0.39 is 22.4 Å². The van der Waals surface area contributed by atoms with Crippen molar-refractivity contribution in [1.82, 2.24) is 9.97 Å². The Morgan fingerprint density at radius 1 is 0.871 bits per heavy atom. The number of hydrogen-bond acceptors (Lipinski definition) is 3. The second kappa shape index (κ2) is 8.78. The number of rotatable bonds is 8. The van der Waals surface area contributed by atoms with Gasteiger partial charge >= 0.3 is 5.97 Å². The summed E-state index contributed by atoms with van der Waals surface area (Å²) in [5, 5.41) is 10.0. The van der Waals surface area contributed by atoms with Gasteiger partial charge in [-0.15, -0.1) is 12.6 Å². The SMILES string of the molecule is O=C(S)C(c1nc2ccccc2[nH]1)C(Cc1ccccc1)(Cc1ccccc1)C(=O)O. The second-order valence-electron chi connectivity index (χ2n) is 7.70. The number of nitrogens with one attached hydrogen (secondary N) is 1. The molecule has 156 valence electrons. The normalized spacial score (nSPS) is 12.5. The quantitative estimate of drug-likeness (QED) is 0.355. The summed E-state index contributed by atoms with van der Waals surface area (Å²) in [6.07, 6.45) is 0.318. The van der Waals surface area contributed by atoms with Gasteiger partial charge in [-0.25, -0.2) is 4.98 Å². The van der Waals surface area contributed by atoms with E-state index in [0.717, 1.165) is 16.6 Å². The summed E-state index contributed by atoms with van der Waals surface area (Å²) in [6.45, 7) is 0. The number of H-pyrrole nitrogens is 1. The van der Waals surface area contributed by atoms with Gasteiger partial charge < -0.3 is 10.1 Å². The van der Waals surface area contributed by atoms with Crippen molar-refractivity contribution in [3.8, 4) is 0 Å². The molecule has 1 unspecified atom stereocenters. The summed E-state index contributed by atoms with van der Waals surface area (Å²) < 4.78 is 0.